The van der Waals surface area contributed by atoms with Crippen LogP contribution >= 0.6 is 0 Å². The molecule has 0 unspecified atom stereocenters. The molecule has 0 radical (unpaired) electrons. The van der Waals surface area contributed by atoms with Gasteiger partial charge in [-0.05, 0) is 19.1 Å². The van der Waals surface area contributed by atoms with E-state index in [4.69, 9.17) is 5.11 Å². The maximum atomic E-state index is 11.8. The summed E-state index contributed by atoms with van der Waals surface area (Å²) in [6.45, 7) is 1.47. The molecule has 0 aliphatic carbocycles. The quantitative estimate of drug-likeness (QED) is 0.699. The Morgan fingerprint density at radius 2 is 2.05 bits per heavy atom. The molecule has 1 aromatic heterocycles. The fourth-order valence-corrected chi connectivity index (χ4v) is 1.91. The number of aryl methyl sites for hydroxylation is 2. The van der Waals surface area contributed by atoms with Gasteiger partial charge in [0.2, 0.25) is 0 Å². The van der Waals surface area contributed by atoms with Crippen molar-refractivity contribution in [3.8, 4) is 11.5 Å². The van der Waals surface area contributed by atoms with Gasteiger partial charge in [0.15, 0.2) is 11.5 Å². The number of hydrogen-bond donors (Lipinski definition) is 3. The summed E-state index contributed by atoms with van der Waals surface area (Å²) in [6.07, 6.45) is -0.283. The molecule has 0 spiro atoms. The average molecular weight is 264 g/mol. The number of aliphatic carboxylic acids is 1. The van der Waals surface area contributed by atoms with Crippen molar-refractivity contribution >= 4 is 16.9 Å². The molecule has 0 saturated carbocycles. The first-order valence-electron chi connectivity index (χ1n) is 5.55. The highest BCUT2D eigenvalue weighted by Gasteiger charge is 2.15. The van der Waals surface area contributed by atoms with Crippen molar-refractivity contribution in [2.45, 2.75) is 19.9 Å². The lowest BCUT2D eigenvalue weighted by atomic mass is 10.1. The van der Waals surface area contributed by atoms with Gasteiger partial charge < -0.3 is 15.3 Å². The van der Waals surface area contributed by atoms with Gasteiger partial charge in [-0.15, -0.1) is 0 Å². The molecule has 0 saturated heterocycles. The summed E-state index contributed by atoms with van der Waals surface area (Å²) in [4.78, 5) is 26.2. The second kappa shape index (κ2) is 4.60. The summed E-state index contributed by atoms with van der Waals surface area (Å²) in [5, 5.41) is 28.5. The highest BCUT2D eigenvalue weighted by atomic mass is 16.4. The van der Waals surface area contributed by atoms with E-state index >= 15 is 0 Å². The van der Waals surface area contributed by atoms with E-state index in [0.717, 1.165) is 4.57 Å². The number of fused-ring (bicyclic) bond motifs is 1. The second-order valence-electron chi connectivity index (χ2n) is 4.10. The summed E-state index contributed by atoms with van der Waals surface area (Å²) >= 11 is 0. The van der Waals surface area contributed by atoms with E-state index in [1.807, 2.05) is 0 Å². The van der Waals surface area contributed by atoms with Crippen molar-refractivity contribution in [1.29, 1.82) is 0 Å². The molecule has 0 bridgehead atoms. The standard InChI is InChI=1S/C12H12N2O5/c1-6-7-2-3-8(15)11(18)10(7)14(12(19)13-6)5-4-9(16)17/h2-3,15,18H,4-5H2,1H3,(H,16,17). The van der Waals surface area contributed by atoms with Crippen LogP contribution in [0.3, 0.4) is 0 Å². The second-order valence-corrected chi connectivity index (χ2v) is 4.10. The summed E-state index contributed by atoms with van der Waals surface area (Å²) in [6, 6.07) is 2.81. The van der Waals surface area contributed by atoms with E-state index in [2.05, 4.69) is 4.98 Å². The maximum Gasteiger partial charge on any atom is 0.348 e. The third kappa shape index (κ3) is 2.22. The SMILES string of the molecule is Cc1nc(=O)n(CCC(=O)O)c2c(O)c(O)ccc12. The molecule has 0 atom stereocenters. The average Bonchev–Trinajstić information content (AvgIpc) is 2.33. The molecule has 3 N–H and O–H groups in total. The van der Waals surface area contributed by atoms with Crippen LogP contribution in [-0.4, -0.2) is 30.8 Å². The number of aromatic hydroxyl groups is 2. The van der Waals surface area contributed by atoms with Gasteiger partial charge >= 0.3 is 11.7 Å². The van der Waals surface area contributed by atoms with E-state index in [1.54, 1.807) is 6.92 Å². The highest BCUT2D eigenvalue weighted by Crippen LogP contribution is 2.33. The van der Waals surface area contributed by atoms with Crippen LogP contribution in [0.25, 0.3) is 10.9 Å². The predicted octanol–water partition coefficient (Wildman–Crippen LogP) is 0.591. The fourth-order valence-electron chi connectivity index (χ4n) is 1.91. The molecular formula is C12H12N2O5. The van der Waals surface area contributed by atoms with E-state index in [-0.39, 0.29) is 24.2 Å². The zero-order valence-electron chi connectivity index (χ0n) is 10.1. The number of phenols is 2. The van der Waals surface area contributed by atoms with Crippen LogP contribution in [0, 0.1) is 6.92 Å². The number of carbonyl (C=O) groups is 1. The summed E-state index contributed by atoms with van der Waals surface area (Å²) < 4.78 is 1.05. The van der Waals surface area contributed by atoms with Gasteiger partial charge in [0.25, 0.3) is 0 Å². The Labute approximate surface area is 107 Å². The van der Waals surface area contributed by atoms with Crippen LogP contribution in [0.1, 0.15) is 12.1 Å². The summed E-state index contributed by atoms with van der Waals surface area (Å²) in [7, 11) is 0. The third-order valence-electron chi connectivity index (χ3n) is 2.83. The van der Waals surface area contributed by atoms with Crippen LogP contribution in [0.5, 0.6) is 11.5 Å². The number of aromatic nitrogens is 2. The normalized spacial score (nSPS) is 10.8. The van der Waals surface area contributed by atoms with Crippen molar-refractivity contribution in [1.82, 2.24) is 9.55 Å². The van der Waals surface area contributed by atoms with Gasteiger partial charge in [-0.1, -0.05) is 0 Å². The molecule has 1 heterocycles. The van der Waals surface area contributed by atoms with Crippen LogP contribution in [0.15, 0.2) is 16.9 Å². The third-order valence-corrected chi connectivity index (χ3v) is 2.83. The first-order chi connectivity index (χ1) is 8.91. The van der Waals surface area contributed by atoms with E-state index in [1.165, 1.54) is 12.1 Å². The Hall–Kier alpha value is -2.57. The van der Waals surface area contributed by atoms with Crippen molar-refractivity contribution in [3.05, 3.63) is 28.3 Å². The molecule has 0 aliphatic rings. The van der Waals surface area contributed by atoms with Gasteiger partial charge in [0.1, 0.15) is 5.52 Å². The van der Waals surface area contributed by atoms with E-state index in [9.17, 15) is 19.8 Å². The number of benzene rings is 1. The first-order valence-corrected chi connectivity index (χ1v) is 5.55. The maximum absolute atomic E-state index is 11.8. The van der Waals surface area contributed by atoms with Gasteiger partial charge in [0.05, 0.1) is 12.1 Å². The van der Waals surface area contributed by atoms with Crippen LogP contribution in [0.4, 0.5) is 0 Å². The van der Waals surface area contributed by atoms with Crippen LogP contribution in [-0.2, 0) is 11.3 Å². The zero-order chi connectivity index (χ0) is 14.2. The van der Waals surface area contributed by atoms with Gasteiger partial charge in [0, 0.05) is 11.9 Å². The lowest BCUT2D eigenvalue weighted by Gasteiger charge is -2.12. The minimum Gasteiger partial charge on any atom is -0.504 e. The van der Waals surface area contributed by atoms with E-state index in [0.29, 0.717) is 11.1 Å². The Kier molecular flexibility index (Phi) is 3.12. The molecule has 7 nitrogen and oxygen atoms in total. The molecule has 2 aromatic rings. The molecule has 7 heteroatoms. The molecular weight excluding hydrogens is 252 g/mol. The van der Waals surface area contributed by atoms with Gasteiger partial charge in [-0.25, -0.2) is 4.79 Å². The summed E-state index contributed by atoms with van der Waals surface area (Å²) in [5.74, 6) is -1.90. The Morgan fingerprint density at radius 1 is 1.37 bits per heavy atom. The number of rotatable bonds is 3. The molecule has 1 aromatic carbocycles. The monoisotopic (exact) mass is 264 g/mol. The van der Waals surface area contributed by atoms with Crippen molar-refractivity contribution in [3.63, 3.8) is 0 Å². The molecule has 0 fully saturated rings. The van der Waals surface area contributed by atoms with Crippen molar-refractivity contribution < 1.29 is 20.1 Å². The zero-order valence-corrected chi connectivity index (χ0v) is 10.1. The lowest BCUT2D eigenvalue weighted by Crippen LogP contribution is -2.25. The number of hydrogen-bond acceptors (Lipinski definition) is 5. The van der Waals surface area contributed by atoms with Crippen molar-refractivity contribution in [2.24, 2.45) is 0 Å². The molecule has 2 rings (SSSR count). The minimum absolute atomic E-state index is 0.0961. The topological polar surface area (TPSA) is 113 Å². The fraction of sp³-hybridized carbons (Fsp3) is 0.250. The van der Waals surface area contributed by atoms with Gasteiger partial charge in [-0.2, -0.15) is 4.98 Å². The van der Waals surface area contributed by atoms with Gasteiger partial charge in [-0.3, -0.25) is 9.36 Å². The lowest BCUT2D eigenvalue weighted by molar-refractivity contribution is -0.137. The predicted molar refractivity (Wildman–Crippen MR) is 66.3 cm³/mol. The molecule has 100 valence electrons. The van der Waals surface area contributed by atoms with E-state index < -0.39 is 17.4 Å². The Bertz CT molecular complexity index is 720. The Balaban J connectivity index is 2.77. The highest BCUT2D eigenvalue weighted by molar-refractivity contribution is 5.88. The largest absolute Gasteiger partial charge is 0.504 e. The van der Waals surface area contributed by atoms with Crippen LogP contribution < -0.4 is 5.69 Å². The van der Waals surface area contributed by atoms with Crippen molar-refractivity contribution in [2.75, 3.05) is 0 Å². The number of phenolic OH excluding ortho intramolecular Hbond substituents is 2. The number of carboxylic acids is 1. The molecule has 0 amide bonds. The Morgan fingerprint density at radius 3 is 2.68 bits per heavy atom. The van der Waals surface area contributed by atoms with Crippen LogP contribution in [0.2, 0.25) is 0 Å². The molecule has 0 aliphatic heterocycles. The smallest absolute Gasteiger partial charge is 0.348 e. The first kappa shape index (κ1) is 12.9. The number of nitrogens with zero attached hydrogens (tertiary/aromatic N) is 2. The minimum atomic E-state index is -1.07. The summed E-state index contributed by atoms with van der Waals surface area (Å²) in [5.41, 5.74) is -0.159. The molecule has 19 heavy (non-hydrogen) atoms. The number of carboxylic acid groups (broad SMARTS) is 1.